The maximum atomic E-state index is 12.8. The van der Waals surface area contributed by atoms with Crippen molar-refractivity contribution in [2.45, 2.75) is 26.7 Å². The van der Waals surface area contributed by atoms with E-state index in [1.807, 2.05) is 36.1 Å². The summed E-state index contributed by atoms with van der Waals surface area (Å²) in [7, 11) is 0. The van der Waals surface area contributed by atoms with Gasteiger partial charge in [0.15, 0.2) is 0 Å². The Morgan fingerprint density at radius 3 is 2.35 bits per heavy atom. The second-order valence-electron chi connectivity index (χ2n) is 7.57. The molecule has 164 valence electrons. The highest BCUT2D eigenvalue weighted by Gasteiger charge is 2.24. The van der Waals surface area contributed by atoms with Crippen molar-refractivity contribution in [3.63, 3.8) is 0 Å². The molecule has 7 nitrogen and oxygen atoms in total. The minimum absolute atomic E-state index is 0.0509. The van der Waals surface area contributed by atoms with Gasteiger partial charge in [0.05, 0.1) is 6.61 Å². The molecular formula is C24H28N2O5. The number of piperidine rings is 1. The molecule has 31 heavy (non-hydrogen) atoms. The number of ether oxygens (including phenoxy) is 2. The predicted molar refractivity (Wildman–Crippen MR) is 116 cm³/mol. The number of hydrogen-bond acceptors (Lipinski definition) is 5. The monoisotopic (exact) mass is 424 g/mol. The summed E-state index contributed by atoms with van der Waals surface area (Å²) >= 11 is 0. The van der Waals surface area contributed by atoms with Crippen molar-refractivity contribution in [1.29, 1.82) is 0 Å². The first-order chi connectivity index (χ1) is 15.0. The van der Waals surface area contributed by atoms with Gasteiger partial charge in [-0.2, -0.15) is 0 Å². The van der Waals surface area contributed by atoms with Crippen LogP contribution in [-0.4, -0.2) is 49.1 Å². The van der Waals surface area contributed by atoms with Gasteiger partial charge in [0.1, 0.15) is 5.75 Å². The van der Waals surface area contributed by atoms with Gasteiger partial charge in [-0.25, -0.2) is 4.79 Å². The van der Waals surface area contributed by atoms with Gasteiger partial charge in [0, 0.05) is 30.8 Å². The Morgan fingerprint density at radius 1 is 1.03 bits per heavy atom. The van der Waals surface area contributed by atoms with Gasteiger partial charge in [0.25, 0.3) is 11.8 Å². The Kier molecular flexibility index (Phi) is 7.65. The van der Waals surface area contributed by atoms with Crippen molar-refractivity contribution in [3.05, 3.63) is 65.2 Å². The molecule has 0 aromatic heterocycles. The van der Waals surface area contributed by atoms with Crippen LogP contribution in [0.3, 0.4) is 0 Å². The number of benzene rings is 2. The fourth-order valence-electron chi connectivity index (χ4n) is 3.59. The third-order valence-electron chi connectivity index (χ3n) is 5.41. The van der Waals surface area contributed by atoms with Crippen molar-refractivity contribution in [3.8, 4) is 5.75 Å². The van der Waals surface area contributed by atoms with Crippen LogP contribution < -0.4 is 10.1 Å². The van der Waals surface area contributed by atoms with Crippen LogP contribution >= 0.6 is 0 Å². The standard InChI is InChI=1S/C24H28N2O5/c1-3-30-24(29)31-20-10-8-19(9-11-20)23(28)26-14-12-18(13-15-26)16-25-22(27)21-7-5-4-6-17(21)2/h4-11,18H,3,12-16H2,1-2H3,(H,25,27). The molecule has 0 bridgehead atoms. The number of nitrogens with zero attached hydrogens (tertiary/aromatic N) is 1. The average molecular weight is 424 g/mol. The zero-order valence-electron chi connectivity index (χ0n) is 17.9. The minimum Gasteiger partial charge on any atom is -0.434 e. The lowest BCUT2D eigenvalue weighted by atomic mass is 9.96. The Hall–Kier alpha value is -3.35. The second-order valence-corrected chi connectivity index (χ2v) is 7.57. The molecule has 0 radical (unpaired) electrons. The Labute approximate surface area is 182 Å². The number of hydrogen-bond donors (Lipinski definition) is 1. The van der Waals surface area contributed by atoms with E-state index < -0.39 is 6.16 Å². The van der Waals surface area contributed by atoms with Crippen LogP contribution in [0.15, 0.2) is 48.5 Å². The van der Waals surface area contributed by atoms with E-state index in [9.17, 15) is 14.4 Å². The Balaban J connectivity index is 1.46. The summed E-state index contributed by atoms with van der Waals surface area (Å²) < 4.78 is 9.75. The van der Waals surface area contributed by atoms with Crippen molar-refractivity contribution in [2.75, 3.05) is 26.2 Å². The number of amides is 2. The lowest BCUT2D eigenvalue weighted by Gasteiger charge is -2.32. The summed E-state index contributed by atoms with van der Waals surface area (Å²) in [6.45, 7) is 5.75. The highest BCUT2D eigenvalue weighted by molar-refractivity contribution is 5.95. The van der Waals surface area contributed by atoms with E-state index >= 15 is 0 Å². The van der Waals surface area contributed by atoms with E-state index in [1.54, 1.807) is 31.2 Å². The van der Waals surface area contributed by atoms with E-state index in [1.165, 1.54) is 0 Å². The van der Waals surface area contributed by atoms with Gasteiger partial charge in [-0.05, 0) is 68.5 Å². The van der Waals surface area contributed by atoms with E-state index in [-0.39, 0.29) is 18.4 Å². The molecule has 1 saturated heterocycles. The number of rotatable bonds is 6. The molecule has 0 aliphatic carbocycles. The lowest BCUT2D eigenvalue weighted by Crippen LogP contribution is -2.41. The van der Waals surface area contributed by atoms with E-state index in [2.05, 4.69) is 5.32 Å². The van der Waals surface area contributed by atoms with Crippen LogP contribution in [0.2, 0.25) is 0 Å². The summed E-state index contributed by atoms with van der Waals surface area (Å²) in [5, 5.41) is 3.02. The minimum atomic E-state index is -0.766. The maximum absolute atomic E-state index is 12.8. The molecular weight excluding hydrogens is 396 g/mol. The number of likely N-dealkylation sites (tertiary alicyclic amines) is 1. The smallest absolute Gasteiger partial charge is 0.434 e. The molecule has 1 aliphatic heterocycles. The van der Waals surface area contributed by atoms with Crippen molar-refractivity contribution in [1.82, 2.24) is 10.2 Å². The van der Waals surface area contributed by atoms with Gasteiger partial charge in [-0.1, -0.05) is 18.2 Å². The van der Waals surface area contributed by atoms with Crippen LogP contribution in [0.4, 0.5) is 4.79 Å². The lowest BCUT2D eigenvalue weighted by molar-refractivity contribution is 0.0684. The molecule has 2 amide bonds. The van der Waals surface area contributed by atoms with Gasteiger partial charge in [0.2, 0.25) is 0 Å². The van der Waals surface area contributed by atoms with E-state index in [0.29, 0.717) is 42.4 Å². The van der Waals surface area contributed by atoms with Crippen LogP contribution in [0.1, 0.15) is 46.0 Å². The largest absolute Gasteiger partial charge is 0.513 e. The highest BCUT2D eigenvalue weighted by Crippen LogP contribution is 2.20. The first kappa shape index (κ1) is 22.3. The Bertz CT molecular complexity index is 918. The van der Waals surface area contributed by atoms with Gasteiger partial charge in [-0.3, -0.25) is 9.59 Å². The van der Waals surface area contributed by atoms with E-state index in [4.69, 9.17) is 9.47 Å². The summed E-state index contributed by atoms with van der Waals surface area (Å²) in [5.41, 5.74) is 2.20. The molecule has 2 aromatic carbocycles. The summed E-state index contributed by atoms with van der Waals surface area (Å²) in [6, 6.07) is 14.0. The van der Waals surface area contributed by atoms with Crippen LogP contribution in [-0.2, 0) is 4.74 Å². The van der Waals surface area contributed by atoms with Crippen LogP contribution in [0.25, 0.3) is 0 Å². The molecule has 1 fully saturated rings. The van der Waals surface area contributed by atoms with Crippen molar-refractivity contribution in [2.24, 2.45) is 5.92 Å². The SMILES string of the molecule is CCOC(=O)Oc1ccc(C(=O)N2CCC(CNC(=O)c3ccccc3C)CC2)cc1. The van der Waals surface area contributed by atoms with E-state index in [0.717, 1.165) is 18.4 Å². The molecule has 0 saturated carbocycles. The average Bonchev–Trinajstić information content (AvgIpc) is 2.78. The molecule has 7 heteroatoms. The second kappa shape index (κ2) is 10.6. The van der Waals surface area contributed by atoms with Gasteiger partial charge < -0.3 is 19.7 Å². The normalized spacial score (nSPS) is 14.1. The quantitative estimate of drug-likeness (QED) is 0.563. The fourth-order valence-corrected chi connectivity index (χ4v) is 3.59. The first-order valence-electron chi connectivity index (χ1n) is 10.6. The van der Waals surface area contributed by atoms with Crippen LogP contribution in [0, 0.1) is 12.8 Å². The van der Waals surface area contributed by atoms with Gasteiger partial charge in [-0.15, -0.1) is 0 Å². The highest BCUT2D eigenvalue weighted by atomic mass is 16.7. The molecule has 1 heterocycles. The first-order valence-corrected chi connectivity index (χ1v) is 10.6. The molecule has 0 unspecified atom stereocenters. The molecule has 0 atom stereocenters. The third kappa shape index (κ3) is 6.07. The maximum Gasteiger partial charge on any atom is 0.513 e. The fraction of sp³-hybridized carbons (Fsp3) is 0.375. The van der Waals surface area contributed by atoms with Crippen LogP contribution in [0.5, 0.6) is 5.75 Å². The topological polar surface area (TPSA) is 84.9 Å². The summed E-state index contributed by atoms with van der Waals surface area (Å²) in [5.74, 6) is 0.572. The molecule has 3 rings (SSSR count). The number of nitrogens with one attached hydrogen (secondary N) is 1. The Morgan fingerprint density at radius 2 is 1.71 bits per heavy atom. The summed E-state index contributed by atoms with van der Waals surface area (Å²) in [6.07, 6.45) is 0.909. The zero-order valence-corrected chi connectivity index (χ0v) is 17.9. The number of carbonyl (C=O) groups is 3. The van der Waals surface area contributed by atoms with Crippen molar-refractivity contribution < 1.29 is 23.9 Å². The molecule has 1 N–H and O–H groups in total. The summed E-state index contributed by atoms with van der Waals surface area (Å²) in [4.78, 5) is 38.3. The number of aryl methyl sites for hydroxylation is 1. The zero-order chi connectivity index (χ0) is 22.2. The molecule has 0 spiro atoms. The number of carbonyl (C=O) groups excluding carboxylic acids is 3. The molecule has 1 aliphatic rings. The molecule has 2 aromatic rings. The van der Waals surface area contributed by atoms with Gasteiger partial charge >= 0.3 is 6.16 Å². The van der Waals surface area contributed by atoms with Crippen molar-refractivity contribution >= 4 is 18.0 Å². The predicted octanol–water partition coefficient (Wildman–Crippen LogP) is 3.81. The third-order valence-corrected chi connectivity index (χ3v) is 5.41.